The van der Waals surface area contributed by atoms with E-state index in [4.69, 9.17) is 21.8 Å². The number of carboxylic acid groups (broad SMARTS) is 1. The van der Waals surface area contributed by atoms with Gasteiger partial charge < -0.3 is 16.6 Å². The van der Waals surface area contributed by atoms with Crippen molar-refractivity contribution in [2.45, 2.75) is 17.7 Å². The van der Waals surface area contributed by atoms with Crippen LogP contribution in [-0.2, 0) is 9.59 Å². The number of Topliss-reactive ketones (excluding diaryl/α,β-unsaturated/α-hetero) is 1. The number of carbonyl (C=O) groups excluding carboxylic acids is 2. The number of ketones is 1. The van der Waals surface area contributed by atoms with Gasteiger partial charge in [-0.3, -0.25) is 9.59 Å². The third-order valence-electron chi connectivity index (χ3n) is 1.71. The highest BCUT2D eigenvalue weighted by Gasteiger charge is 2.17. The molecule has 0 aliphatic rings. The van der Waals surface area contributed by atoms with Crippen LogP contribution in [0.2, 0.25) is 0 Å². The van der Waals surface area contributed by atoms with Gasteiger partial charge in [0, 0.05) is 12.2 Å². The summed E-state index contributed by atoms with van der Waals surface area (Å²) in [5, 5.41) is 19.9. The minimum atomic E-state index is -1.18. The van der Waals surface area contributed by atoms with Crippen molar-refractivity contribution >= 4 is 35.8 Å². The number of rotatable bonds is 8. The van der Waals surface area contributed by atoms with Crippen molar-refractivity contribution in [2.75, 3.05) is 5.75 Å². The second-order valence-corrected chi connectivity index (χ2v) is 4.54. The fourth-order valence-corrected chi connectivity index (χ4v) is 1.78. The van der Waals surface area contributed by atoms with Crippen LogP contribution in [-0.4, -0.2) is 46.1 Å². The van der Waals surface area contributed by atoms with Gasteiger partial charge in [-0.25, -0.2) is 10.2 Å². The first-order chi connectivity index (χ1) is 8.86. The minimum Gasteiger partial charge on any atom is -0.480 e. The van der Waals surface area contributed by atoms with Crippen molar-refractivity contribution in [3.63, 3.8) is 0 Å². The number of carbonyl (C=O) groups is 3. The van der Waals surface area contributed by atoms with E-state index < -0.39 is 29.1 Å². The van der Waals surface area contributed by atoms with Gasteiger partial charge in [0.1, 0.15) is 6.04 Å². The van der Waals surface area contributed by atoms with Crippen LogP contribution in [0.15, 0.2) is 5.10 Å². The zero-order valence-electron chi connectivity index (χ0n) is 9.78. The highest BCUT2D eigenvalue weighted by atomic mass is 32.2. The molecule has 9 nitrogen and oxygen atoms in total. The SMILES string of the molecule is N#C[C@@H](CC(=O)/C=N\NC(N)=O)SC[C@H](N)C(=O)O. The van der Waals surface area contributed by atoms with E-state index in [1.54, 1.807) is 0 Å². The molecule has 0 aromatic carbocycles. The molecule has 0 bridgehead atoms. The van der Waals surface area contributed by atoms with E-state index in [-0.39, 0.29) is 12.2 Å². The summed E-state index contributed by atoms with van der Waals surface area (Å²) in [5.41, 5.74) is 11.8. The molecule has 0 saturated heterocycles. The number of hydrazone groups is 1. The van der Waals surface area contributed by atoms with Gasteiger partial charge in [-0.05, 0) is 0 Å². The van der Waals surface area contributed by atoms with Gasteiger partial charge in [-0.1, -0.05) is 0 Å². The lowest BCUT2D eigenvalue weighted by atomic mass is 10.2. The van der Waals surface area contributed by atoms with Crippen molar-refractivity contribution in [1.82, 2.24) is 5.43 Å². The summed E-state index contributed by atoms with van der Waals surface area (Å²) in [5.74, 6) is -1.67. The number of primary amides is 1. The van der Waals surface area contributed by atoms with E-state index in [9.17, 15) is 14.4 Å². The molecule has 0 fully saturated rings. The first-order valence-corrected chi connectivity index (χ1v) is 6.02. The molecule has 6 N–H and O–H groups in total. The molecule has 0 aromatic rings. The van der Waals surface area contributed by atoms with Gasteiger partial charge >= 0.3 is 12.0 Å². The lowest BCUT2D eigenvalue weighted by Crippen LogP contribution is -2.33. The van der Waals surface area contributed by atoms with Crippen molar-refractivity contribution in [2.24, 2.45) is 16.6 Å². The van der Waals surface area contributed by atoms with Crippen LogP contribution in [0, 0.1) is 11.3 Å². The lowest BCUT2D eigenvalue weighted by molar-refractivity contribution is -0.137. The highest BCUT2D eigenvalue weighted by molar-refractivity contribution is 8.00. The Morgan fingerprint density at radius 3 is 2.63 bits per heavy atom. The van der Waals surface area contributed by atoms with Crippen LogP contribution < -0.4 is 16.9 Å². The number of thioether (sulfide) groups is 1. The third-order valence-corrected chi connectivity index (χ3v) is 2.93. The Bertz CT molecular complexity index is 419. The molecule has 0 heterocycles. The molecule has 10 heteroatoms. The quantitative estimate of drug-likeness (QED) is 0.315. The van der Waals surface area contributed by atoms with Gasteiger partial charge in [-0.2, -0.15) is 10.4 Å². The first kappa shape index (κ1) is 16.9. The molecule has 2 atom stereocenters. The maximum atomic E-state index is 11.3. The summed E-state index contributed by atoms with van der Waals surface area (Å²) in [4.78, 5) is 32.0. The molecular weight excluding hydrogens is 274 g/mol. The zero-order chi connectivity index (χ0) is 14.8. The number of hydrogen-bond donors (Lipinski definition) is 4. The number of amides is 2. The van der Waals surface area contributed by atoms with E-state index >= 15 is 0 Å². The van der Waals surface area contributed by atoms with E-state index in [2.05, 4.69) is 5.10 Å². The van der Waals surface area contributed by atoms with Crippen LogP contribution in [0.1, 0.15) is 6.42 Å². The van der Waals surface area contributed by atoms with Gasteiger partial charge in [0.2, 0.25) is 0 Å². The standard InChI is InChI=1S/C9H13N5O4S/c10-2-6(19-4-7(11)8(16)17)1-5(15)3-13-14-9(12)18/h3,6-7H,1,4,11H2,(H,16,17)(H3,12,14,18)/b13-3-/t6-,7+/m1/s1. The van der Waals surface area contributed by atoms with Crippen LogP contribution in [0.5, 0.6) is 0 Å². The second kappa shape index (κ2) is 8.90. The van der Waals surface area contributed by atoms with Gasteiger partial charge in [0.15, 0.2) is 5.78 Å². The van der Waals surface area contributed by atoms with Crippen molar-refractivity contribution < 1.29 is 19.5 Å². The number of nitriles is 1. The number of nitrogens with one attached hydrogen (secondary N) is 1. The minimum absolute atomic E-state index is 0.0114. The summed E-state index contributed by atoms with van der Waals surface area (Å²) in [6.07, 6.45) is 0.657. The fourth-order valence-electron chi connectivity index (χ4n) is 0.836. The van der Waals surface area contributed by atoms with Gasteiger partial charge in [-0.15, -0.1) is 11.8 Å². The Balaban J connectivity index is 4.16. The van der Waals surface area contributed by atoms with Gasteiger partial charge in [0.05, 0.1) is 17.5 Å². The largest absolute Gasteiger partial charge is 0.480 e. The topological polar surface area (TPSA) is 172 Å². The number of carboxylic acids is 1. The molecule has 0 aliphatic heterocycles. The normalized spacial score (nSPS) is 13.5. The predicted octanol–water partition coefficient (Wildman–Crippen LogP) is -1.36. The van der Waals surface area contributed by atoms with Crippen molar-refractivity contribution in [3.8, 4) is 6.07 Å². The van der Waals surface area contributed by atoms with E-state index in [1.807, 2.05) is 11.5 Å². The Morgan fingerprint density at radius 1 is 1.53 bits per heavy atom. The Labute approximate surface area is 113 Å². The number of nitrogens with zero attached hydrogens (tertiary/aromatic N) is 2. The predicted molar refractivity (Wildman–Crippen MR) is 68.3 cm³/mol. The van der Waals surface area contributed by atoms with Crippen molar-refractivity contribution in [1.29, 1.82) is 5.26 Å². The molecule has 0 unspecified atom stereocenters. The smallest absolute Gasteiger partial charge is 0.332 e. The highest BCUT2D eigenvalue weighted by Crippen LogP contribution is 2.14. The summed E-state index contributed by atoms with van der Waals surface area (Å²) in [6, 6.07) is -0.164. The Hall–Kier alpha value is -2.12. The van der Waals surface area contributed by atoms with Crippen LogP contribution in [0.3, 0.4) is 0 Å². The monoisotopic (exact) mass is 287 g/mol. The lowest BCUT2D eigenvalue weighted by Gasteiger charge is -2.09. The van der Waals surface area contributed by atoms with E-state index in [0.717, 1.165) is 18.0 Å². The number of aliphatic carboxylic acids is 1. The summed E-state index contributed by atoms with van der Waals surface area (Å²) in [6.45, 7) is 0. The average Bonchev–Trinajstić information content (AvgIpc) is 2.33. The van der Waals surface area contributed by atoms with E-state index in [1.165, 1.54) is 0 Å². The molecule has 0 aromatic heterocycles. The molecule has 0 rings (SSSR count). The Kier molecular flexibility index (Phi) is 7.90. The summed E-state index contributed by atoms with van der Waals surface area (Å²) >= 11 is 0.965. The Morgan fingerprint density at radius 2 is 2.16 bits per heavy atom. The third kappa shape index (κ3) is 8.58. The van der Waals surface area contributed by atoms with Gasteiger partial charge in [0.25, 0.3) is 0 Å². The van der Waals surface area contributed by atoms with Crippen molar-refractivity contribution in [3.05, 3.63) is 0 Å². The number of urea groups is 1. The van der Waals surface area contributed by atoms with Crippen LogP contribution in [0.4, 0.5) is 4.79 Å². The molecule has 0 aliphatic carbocycles. The molecule has 19 heavy (non-hydrogen) atoms. The van der Waals surface area contributed by atoms with Crippen LogP contribution in [0.25, 0.3) is 0 Å². The van der Waals surface area contributed by atoms with E-state index in [0.29, 0.717) is 0 Å². The molecule has 0 radical (unpaired) electrons. The maximum Gasteiger partial charge on any atom is 0.332 e. The molecular formula is C9H13N5O4S. The summed E-state index contributed by atoms with van der Waals surface area (Å²) in [7, 11) is 0. The molecule has 104 valence electrons. The molecule has 2 amide bonds. The zero-order valence-corrected chi connectivity index (χ0v) is 10.6. The molecule has 0 spiro atoms. The number of nitrogens with two attached hydrogens (primary N) is 2. The second-order valence-electron chi connectivity index (χ2n) is 3.30. The average molecular weight is 287 g/mol. The van der Waals surface area contributed by atoms with Crippen LogP contribution >= 0.6 is 11.8 Å². The first-order valence-electron chi connectivity index (χ1n) is 4.97. The molecule has 0 saturated carbocycles. The fraction of sp³-hybridized carbons (Fsp3) is 0.444. The summed E-state index contributed by atoms with van der Waals surface area (Å²) < 4.78 is 0. The number of hydrogen-bond acceptors (Lipinski definition) is 7. The maximum absolute atomic E-state index is 11.3.